The predicted octanol–water partition coefficient (Wildman–Crippen LogP) is 4.56. The second-order valence-electron chi connectivity index (χ2n) is 7.40. The Morgan fingerprint density at radius 3 is 2.36 bits per heavy atom. The molecule has 0 saturated heterocycles. The lowest BCUT2D eigenvalue weighted by Crippen LogP contribution is -2.20. The molecule has 8 heteroatoms. The van der Waals surface area contributed by atoms with Crippen molar-refractivity contribution in [2.45, 2.75) is 26.9 Å². The third-order valence-corrected chi connectivity index (χ3v) is 5.73. The summed E-state index contributed by atoms with van der Waals surface area (Å²) in [6.45, 7) is 4.73. The van der Waals surface area contributed by atoms with E-state index in [2.05, 4.69) is 10.4 Å². The maximum Gasteiger partial charge on any atom is 0.244 e. The van der Waals surface area contributed by atoms with Crippen molar-refractivity contribution in [2.24, 2.45) is 0 Å². The number of rotatable bonds is 9. The van der Waals surface area contributed by atoms with Crippen LogP contribution in [0.3, 0.4) is 0 Å². The van der Waals surface area contributed by atoms with Crippen molar-refractivity contribution in [3.05, 3.63) is 75.6 Å². The number of carbonyl (C=O) groups excluding carboxylic acids is 1. The summed E-state index contributed by atoms with van der Waals surface area (Å²) >= 11 is 6.29. The molecule has 0 unspecified atom stereocenters. The summed E-state index contributed by atoms with van der Waals surface area (Å²) in [4.78, 5) is 12.5. The average molecular weight is 470 g/mol. The molecule has 3 rings (SSSR count). The molecule has 0 saturated carbocycles. The average Bonchev–Trinajstić information content (AvgIpc) is 3.09. The Kier molecular flexibility index (Phi) is 8.01. The second-order valence-corrected chi connectivity index (χ2v) is 7.81. The molecule has 1 aromatic heterocycles. The first-order valence-corrected chi connectivity index (χ1v) is 10.8. The first-order valence-electron chi connectivity index (χ1n) is 10.4. The Morgan fingerprint density at radius 2 is 1.70 bits per heavy atom. The number of aromatic nitrogens is 2. The van der Waals surface area contributed by atoms with Gasteiger partial charge in [-0.15, -0.1) is 0 Å². The van der Waals surface area contributed by atoms with Crippen molar-refractivity contribution in [2.75, 3.05) is 21.3 Å². The van der Waals surface area contributed by atoms with Crippen LogP contribution < -0.4 is 19.5 Å². The minimum atomic E-state index is -0.232. The van der Waals surface area contributed by atoms with E-state index in [0.29, 0.717) is 28.8 Å². The molecule has 1 N–H and O–H groups in total. The van der Waals surface area contributed by atoms with Crippen molar-refractivity contribution in [3.8, 4) is 17.2 Å². The van der Waals surface area contributed by atoms with Gasteiger partial charge in [0.2, 0.25) is 5.91 Å². The molecule has 0 atom stereocenters. The van der Waals surface area contributed by atoms with Crippen LogP contribution in [0.15, 0.2) is 42.5 Å². The Hall–Kier alpha value is -3.45. The number of nitrogens with one attached hydrogen (secondary N) is 1. The predicted molar refractivity (Wildman–Crippen MR) is 129 cm³/mol. The Bertz CT molecular complexity index is 1170. The molecule has 0 bridgehead atoms. The zero-order valence-corrected chi connectivity index (χ0v) is 20.2. The number of hydrogen-bond donors (Lipinski definition) is 1. The van der Waals surface area contributed by atoms with E-state index in [-0.39, 0.29) is 12.5 Å². The summed E-state index contributed by atoms with van der Waals surface area (Å²) in [6, 6.07) is 11.2. The number of methoxy groups -OCH3 is 3. The van der Waals surface area contributed by atoms with E-state index in [1.807, 2.05) is 42.8 Å². The molecule has 0 aliphatic heterocycles. The van der Waals surface area contributed by atoms with E-state index < -0.39 is 0 Å². The molecule has 0 fully saturated rings. The fourth-order valence-corrected chi connectivity index (χ4v) is 3.72. The topological polar surface area (TPSA) is 74.6 Å². The number of ether oxygens (including phenoxy) is 3. The van der Waals surface area contributed by atoms with Crippen molar-refractivity contribution in [1.29, 1.82) is 0 Å². The van der Waals surface area contributed by atoms with Crippen LogP contribution in [-0.4, -0.2) is 37.0 Å². The van der Waals surface area contributed by atoms with Crippen LogP contribution in [0.1, 0.15) is 28.1 Å². The summed E-state index contributed by atoms with van der Waals surface area (Å²) < 4.78 is 17.9. The molecule has 0 aliphatic rings. The summed E-state index contributed by atoms with van der Waals surface area (Å²) in [5.74, 6) is 1.49. The minimum Gasteiger partial charge on any atom is -0.496 e. The van der Waals surface area contributed by atoms with Crippen molar-refractivity contribution >= 4 is 23.6 Å². The van der Waals surface area contributed by atoms with E-state index in [0.717, 1.165) is 28.1 Å². The normalized spacial score (nSPS) is 11.0. The zero-order chi connectivity index (χ0) is 24.0. The van der Waals surface area contributed by atoms with E-state index >= 15 is 0 Å². The molecular weight excluding hydrogens is 442 g/mol. The number of nitrogens with zero attached hydrogens (tertiary/aromatic N) is 2. The van der Waals surface area contributed by atoms with Gasteiger partial charge in [0.15, 0.2) is 11.5 Å². The largest absolute Gasteiger partial charge is 0.496 e. The van der Waals surface area contributed by atoms with Gasteiger partial charge in [-0.25, -0.2) is 0 Å². The Labute approximate surface area is 198 Å². The van der Waals surface area contributed by atoms with Crippen molar-refractivity contribution < 1.29 is 19.0 Å². The number of halogens is 1. The fraction of sp³-hybridized carbons (Fsp3) is 0.280. The number of aryl methyl sites for hydroxylation is 1. The first kappa shape index (κ1) is 24.2. The van der Waals surface area contributed by atoms with Crippen LogP contribution in [-0.2, 0) is 17.9 Å². The molecule has 2 aromatic carbocycles. The van der Waals surface area contributed by atoms with Gasteiger partial charge in [-0.05, 0) is 37.6 Å². The van der Waals surface area contributed by atoms with Crippen LogP contribution in [0.2, 0.25) is 5.02 Å². The van der Waals surface area contributed by atoms with E-state index in [1.165, 1.54) is 6.08 Å². The van der Waals surface area contributed by atoms with Crippen molar-refractivity contribution in [1.82, 2.24) is 15.1 Å². The van der Waals surface area contributed by atoms with E-state index in [1.54, 1.807) is 39.5 Å². The molecule has 1 heterocycles. The molecule has 0 spiro atoms. The number of benzene rings is 2. The van der Waals surface area contributed by atoms with Crippen LogP contribution in [0.4, 0.5) is 0 Å². The van der Waals surface area contributed by atoms with Gasteiger partial charge in [0.1, 0.15) is 5.75 Å². The summed E-state index contributed by atoms with van der Waals surface area (Å²) in [7, 11) is 4.69. The van der Waals surface area contributed by atoms with E-state index in [4.69, 9.17) is 25.8 Å². The van der Waals surface area contributed by atoms with Crippen LogP contribution in [0, 0.1) is 13.8 Å². The van der Waals surface area contributed by atoms with Gasteiger partial charge >= 0.3 is 0 Å². The zero-order valence-electron chi connectivity index (χ0n) is 19.4. The highest BCUT2D eigenvalue weighted by Crippen LogP contribution is 2.34. The van der Waals surface area contributed by atoms with Gasteiger partial charge in [0.25, 0.3) is 0 Å². The number of carbonyl (C=O) groups is 1. The Balaban J connectivity index is 1.70. The van der Waals surface area contributed by atoms with Crippen molar-refractivity contribution in [3.63, 3.8) is 0 Å². The molecule has 7 nitrogen and oxygen atoms in total. The van der Waals surface area contributed by atoms with Gasteiger partial charge in [0, 0.05) is 40.5 Å². The summed E-state index contributed by atoms with van der Waals surface area (Å²) in [5.41, 5.74) is 4.46. The van der Waals surface area contributed by atoms with Gasteiger partial charge in [-0.1, -0.05) is 29.8 Å². The minimum absolute atomic E-state index is 0.232. The first-order chi connectivity index (χ1) is 15.9. The Morgan fingerprint density at radius 1 is 1.03 bits per heavy atom. The highest BCUT2D eigenvalue weighted by atomic mass is 35.5. The number of amides is 1. The van der Waals surface area contributed by atoms with Gasteiger partial charge in [0.05, 0.1) is 33.6 Å². The second kappa shape index (κ2) is 10.9. The van der Waals surface area contributed by atoms with E-state index in [9.17, 15) is 4.79 Å². The molecule has 1 amide bonds. The van der Waals surface area contributed by atoms with Gasteiger partial charge in [-0.3, -0.25) is 9.48 Å². The summed E-state index contributed by atoms with van der Waals surface area (Å²) in [6.07, 6.45) is 3.28. The molecular formula is C25H28ClN3O4. The lowest BCUT2D eigenvalue weighted by molar-refractivity contribution is -0.116. The van der Waals surface area contributed by atoms with Crippen LogP contribution >= 0.6 is 11.6 Å². The quantitative estimate of drug-likeness (QED) is 0.465. The third kappa shape index (κ3) is 5.68. The van der Waals surface area contributed by atoms with Gasteiger partial charge < -0.3 is 19.5 Å². The molecule has 0 aliphatic carbocycles. The maximum absolute atomic E-state index is 12.5. The smallest absolute Gasteiger partial charge is 0.244 e. The monoisotopic (exact) mass is 469 g/mol. The van der Waals surface area contributed by atoms with Gasteiger partial charge in [-0.2, -0.15) is 5.10 Å². The summed E-state index contributed by atoms with van der Waals surface area (Å²) in [5, 5.41) is 8.19. The lowest BCUT2D eigenvalue weighted by Gasteiger charge is -2.14. The molecule has 174 valence electrons. The van der Waals surface area contributed by atoms with Crippen LogP contribution in [0.25, 0.3) is 6.08 Å². The maximum atomic E-state index is 12.5. The lowest BCUT2D eigenvalue weighted by atomic mass is 10.1. The van der Waals surface area contributed by atoms with Crippen LogP contribution in [0.5, 0.6) is 17.2 Å². The molecule has 33 heavy (non-hydrogen) atoms. The standard InChI is InChI=1S/C25H28ClN3O4/c1-16-20(17(2)29(28-16)15-18-8-6-7-9-21(18)26)10-11-25(30)27-14-19-12-23(32-4)24(33-5)13-22(19)31-3/h6-13H,14-15H2,1-5H3,(H,27,30)/b11-10+. The fourth-order valence-electron chi connectivity index (χ4n) is 3.52. The third-order valence-electron chi connectivity index (χ3n) is 5.36. The number of hydrogen-bond acceptors (Lipinski definition) is 5. The molecule has 3 aromatic rings. The highest BCUT2D eigenvalue weighted by molar-refractivity contribution is 6.31. The SMILES string of the molecule is COc1cc(OC)c(OC)cc1CNC(=O)/C=C/c1c(C)nn(Cc2ccccc2Cl)c1C. The highest BCUT2D eigenvalue weighted by Gasteiger charge is 2.13. The molecule has 0 radical (unpaired) electrons.